The van der Waals surface area contributed by atoms with E-state index in [9.17, 15) is 8.42 Å². The lowest BCUT2D eigenvalue weighted by atomic mass is 10.2. The van der Waals surface area contributed by atoms with Crippen LogP contribution in [-0.4, -0.2) is 28.7 Å². The number of sulfone groups is 1. The topological polar surface area (TPSA) is 112 Å². The number of aromatic nitrogens is 4. The zero-order chi connectivity index (χ0) is 17.6. The smallest absolute Gasteiger partial charge is 0.244 e. The van der Waals surface area contributed by atoms with Crippen molar-refractivity contribution >= 4 is 9.84 Å². The number of nitrogens with zero attached hydrogens (tertiary/aromatic N) is 4. The predicted octanol–water partition coefficient (Wildman–Crippen LogP) is 2.81. The van der Waals surface area contributed by atoms with E-state index in [-0.39, 0.29) is 17.5 Å². The molecular weight excluding hydrogens is 332 g/mol. The Morgan fingerprint density at radius 1 is 0.958 bits per heavy atom. The summed E-state index contributed by atoms with van der Waals surface area (Å²) in [7, 11) is -3.57. The van der Waals surface area contributed by atoms with Crippen LogP contribution in [0.5, 0.6) is 0 Å². The van der Waals surface area contributed by atoms with E-state index in [1.165, 1.54) is 6.92 Å². The Morgan fingerprint density at radius 3 is 2.17 bits per heavy atom. The maximum atomic E-state index is 12.5. The molecule has 0 aliphatic rings. The zero-order valence-electron chi connectivity index (χ0n) is 14.4. The van der Waals surface area contributed by atoms with E-state index in [4.69, 9.17) is 9.05 Å². The van der Waals surface area contributed by atoms with Crippen molar-refractivity contribution < 1.29 is 17.5 Å². The highest BCUT2D eigenvalue weighted by molar-refractivity contribution is 7.90. The van der Waals surface area contributed by atoms with Gasteiger partial charge in [-0.25, -0.2) is 8.42 Å². The normalized spacial score (nSPS) is 13.3. The van der Waals surface area contributed by atoms with Crippen molar-refractivity contribution in [2.24, 2.45) is 0 Å². The second kappa shape index (κ2) is 8.36. The largest absolute Gasteiger partial charge is 0.338 e. The van der Waals surface area contributed by atoms with Crippen LogP contribution in [0, 0.1) is 0 Å². The molecule has 0 aliphatic heterocycles. The van der Waals surface area contributed by atoms with Crippen molar-refractivity contribution in [1.82, 2.24) is 20.3 Å². The molecule has 0 spiro atoms. The van der Waals surface area contributed by atoms with Gasteiger partial charge < -0.3 is 9.05 Å². The first-order valence-corrected chi connectivity index (χ1v) is 10.0. The molecular formula is C15H24N4O4S. The van der Waals surface area contributed by atoms with Crippen LogP contribution in [0.3, 0.4) is 0 Å². The van der Waals surface area contributed by atoms with Crippen LogP contribution in [-0.2, 0) is 28.4 Å². The fourth-order valence-electron chi connectivity index (χ4n) is 2.10. The van der Waals surface area contributed by atoms with Gasteiger partial charge in [-0.05, 0) is 19.8 Å². The summed E-state index contributed by atoms with van der Waals surface area (Å²) in [6, 6.07) is 0. The lowest BCUT2D eigenvalue weighted by Gasteiger charge is -2.05. The maximum absolute atomic E-state index is 12.5. The summed E-state index contributed by atoms with van der Waals surface area (Å²) in [6.07, 6.45) is 5.25. The second-order valence-corrected chi connectivity index (χ2v) is 8.13. The second-order valence-electron chi connectivity index (χ2n) is 5.81. The van der Waals surface area contributed by atoms with Gasteiger partial charge in [0.2, 0.25) is 11.8 Å². The van der Waals surface area contributed by atoms with E-state index >= 15 is 0 Å². The van der Waals surface area contributed by atoms with Gasteiger partial charge in [0.25, 0.3) is 0 Å². The molecule has 0 aliphatic carbocycles. The number of rotatable bonds is 10. The van der Waals surface area contributed by atoms with E-state index in [1.54, 1.807) is 0 Å². The van der Waals surface area contributed by atoms with Crippen molar-refractivity contribution in [3.05, 3.63) is 23.4 Å². The molecule has 0 aromatic carbocycles. The quantitative estimate of drug-likeness (QED) is 0.638. The summed E-state index contributed by atoms with van der Waals surface area (Å²) in [5, 5.41) is 6.73. The highest BCUT2D eigenvalue weighted by atomic mass is 32.2. The summed E-state index contributed by atoms with van der Waals surface area (Å²) < 4.78 is 35.1. The Bertz CT molecular complexity index is 738. The minimum absolute atomic E-state index is 0.0960. The average Bonchev–Trinajstić information content (AvgIpc) is 3.19. The lowest BCUT2D eigenvalue weighted by molar-refractivity contribution is 0.368. The summed E-state index contributed by atoms with van der Waals surface area (Å²) >= 11 is 0. The van der Waals surface area contributed by atoms with Crippen molar-refractivity contribution in [1.29, 1.82) is 0 Å². The minimum Gasteiger partial charge on any atom is -0.338 e. The lowest BCUT2D eigenvalue weighted by Crippen LogP contribution is -2.13. The van der Waals surface area contributed by atoms with Gasteiger partial charge in [0.15, 0.2) is 21.5 Å². The first kappa shape index (κ1) is 18.6. The van der Waals surface area contributed by atoms with Crippen LogP contribution in [0.1, 0.15) is 75.1 Å². The molecule has 0 amide bonds. The molecule has 8 nitrogen and oxygen atoms in total. The molecule has 0 saturated heterocycles. The molecule has 0 radical (unpaired) electrons. The molecule has 24 heavy (non-hydrogen) atoms. The number of hydrogen-bond donors (Lipinski definition) is 0. The summed E-state index contributed by atoms with van der Waals surface area (Å²) in [6.45, 7) is 5.65. The van der Waals surface area contributed by atoms with Gasteiger partial charge in [-0.1, -0.05) is 37.0 Å². The molecule has 0 bridgehead atoms. The molecule has 1 atom stereocenters. The first-order valence-electron chi connectivity index (χ1n) is 8.31. The minimum atomic E-state index is -3.57. The maximum Gasteiger partial charge on any atom is 0.244 e. The molecule has 1 unspecified atom stereocenters. The summed E-state index contributed by atoms with van der Waals surface area (Å²) in [5.74, 6) is 0.938. The Labute approximate surface area is 141 Å². The Kier molecular flexibility index (Phi) is 6.47. The van der Waals surface area contributed by atoms with Crippen LogP contribution in [0.25, 0.3) is 0 Å². The third kappa shape index (κ3) is 4.86. The van der Waals surface area contributed by atoms with Crippen LogP contribution in [0.2, 0.25) is 0 Å². The molecule has 2 rings (SSSR count). The van der Waals surface area contributed by atoms with Gasteiger partial charge in [-0.3, -0.25) is 0 Å². The van der Waals surface area contributed by atoms with E-state index in [0.29, 0.717) is 24.5 Å². The van der Waals surface area contributed by atoms with Gasteiger partial charge in [0, 0.05) is 12.8 Å². The van der Waals surface area contributed by atoms with Crippen molar-refractivity contribution in [3.8, 4) is 0 Å². The van der Waals surface area contributed by atoms with Crippen LogP contribution in [0.4, 0.5) is 0 Å². The average molecular weight is 356 g/mol. The van der Waals surface area contributed by atoms with Gasteiger partial charge in [-0.15, -0.1) is 0 Å². The molecule has 0 saturated carbocycles. The Morgan fingerprint density at radius 2 is 1.54 bits per heavy atom. The van der Waals surface area contributed by atoms with Crippen molar-refractivity contribution in [2.45, 2.75) is 70.3 Å². The van der Waals surface area contributed by atoms with E-state index < -0.39 is 15.1 Å². The Hall–Kier alpha value is -1.77. The summed E-state index contributed by atoms with van der Waals surface area (Å²) in [5.41, 5.74) is 0. The monoisotopic (exact) mass is 356 g/mol. The predicted molar refractivity (Wildman–Crippen MR) is 86.9 cm³/mol. The third-order valence-corrected chi connectivity index (χ3v) is 5.64. The van der Waals surface area contributed by atoms with Crippen LogP contribution < -0.4 is 0 Å². The standard InChI is InChI=1S/C15H24N4O4S/c1-4-6-8-12-16-14(22-18-12)10-24(20,21)11(3)15-17-13(19-23-15)9-7-5-2/h11H,4-10H2,1-3H3. The highest BCUT2D eigenvalue weighted by Gasteiger charge is 2.30. The molecule has 2 aromatic rings. The molecule has 134 valence electrons. The number of aryl methyl sites for hydroxylation is 2. The van der Waals surface area contributed by atoms with Crippen LogP contribution in [0.15, 0.2) is 9.05 Å². The fraction of sp³-hybridized carbons (Fsp3) is 0.733. The third-order valence-electron chi connectivity index (χ3n) is 3.71. The zero-order valence-corrected chi connectivity index (χ0v) is 15.2. The Balaban J connectivity index is 2.03. The van der Waals surface area contributed by atoms with Crippen LogP contribution >= 0.6 is 0 Å². The van der Waals surface area contributed by atoms with E-state index in [1.807, 2.05) is 0 Å². The first-order chi connectivity index (χ1) is 11.5. The molecule has 9 heteroatoms. The van der Waals surface area contributed by atoms with E-state index in [2.05, 4.69) is 34.1 Å². The molecule has 2 aromatic heterocycles. The van der Waals surface area contributed by atoms with Crippen molar-refractivity contribution in [2.75, 3.05) is 0 Å². The number of unbranched alkanes of at least 4 members (excludes halogenated alkanes) is 2. The van der Waals surface area contributed by atoms with E-state index in [0.717, 1.165) is 25.7 Å². The highest BCUT2D eigenvalue weighted by Crippen LogP contribution is 2.24. The molecule has 0 fully saturated rings. The van der Waals surface area contributed by atoms with Gasteiger partial charge in [-0.2, -0.15) is 9.97 Å². The molecule has 0 N–H and O–H groups in total. The SMILES string of the molecule is CCCCc1noc(CS(=O)(=O)C(C)c2nc(CCCC)no2)n1. The molecule has 2 heterocycles. The fourth-order valence-corrected chi connectivity index (χ4v) is 3.22. The summed E-state index contributed by atoms with van der Waals surface area (Å²) in [4.78, 5) is 8.31. The van der Waals surface area contributed by atoms with Gasteiger partial charge >= 0.3 is 0 Å². The van der Waals surface area contributed by atoms with Gasteiger partial charge in [0.1, 0.15) is 11.0 Å². The number of hydrogen-bond acceptors (Lipinski definition) is 8. The van der Waals surface area contributed by atoms with Gasteiger partial charge in [0.05, 0.1) is 0 Å². The van der Waals surface area contributed by atoms with Crippen molar-refractivity contribution in [3.63, 3.8) is 0 Å².